The minimum Gasteiger partial charge on any atom is -0.335 e. The molecule has 0 aliphatic heterocycles. The zero-order valence-corrected chi connectivity index (χ0v) is 24.4. The lowest BCUT2D eigenvalue weighted by Gasteiger charge is -2.12. The van der Waals surface area contributed by atoms with Crippen LogP contribution < -0.4 is 5.32 Å². The van der Waals surface area contributed by atoms with Gasteiger partial charge >= 0.3 is 0 Å². The van der Waals surface area contributed by atoms with Crippen LogP contribution >= 0.6 is 11.3 Å². The second-order valence-electron chi connectivity index (χ2n) is 10.5. The lowest BCUT2D eigenvalue weighted by molar-refractivity contribution is -0.115. The molecule has 9 heteroatoms. The molecule has 3 N–H and O–H groups in total. The Morgan fingerprint density at radius 1 is 0.953 bits per heavy atom. The monoisotopic (exact) mass is 581 g/mol. The summed E-state index contributed by atoms with van der Waals surface area (Å²) in [5.74, 6) is 0.569. The molecule has 0 aliphatic rings. The van der Waals surface area contributed by atoms with Crippen molar-refractivity contribution in [2.75, 3.05) is 5.32 Å². The van der Waals surface area contributed by atoms with Crippen LogP contribution in [-0.4, -0.2) is 36.0 Å². The van der Waals surface area contributed by atoms with Crippen molar-refractivity contribution in [3.63, 3.8) is 0 Å². The summed E-state index contributed by atoms with van der Waals surface area (Å²) in [6, 6.07) is 20.0. The van der Waals surface area contributed by atoms with Gasteiger partial charge in [0, 0.05) is 38.7 Å². The Morgan fingerprint density at radius 2 is 1.77 bits per heavy atom. The number of allylic oxidation sites excluding steroid dienone is 1. The molecule has 7 aromatic rings. The number of carbonyl (C=O) groups is 1. The number of anilines is 1. The summed E-state index contributed by atoms with van der Waals surface area (Å²) in [4.78, 5) is 32.3. The molecule has 0 fully saturated rings. The third-order valence-electron chi connectivity index (χ3n) is 7.48. The Morgan fingerprint density at radius 3 is 2.58 bits per heavy atom. The minimum atomic E-state index is -0.0852. The average Bonchev–Trinajstić information content (AvgIpc) is 3.76. The molecule has 0 spiro atoms. The normalized spacial score (nSPS) is 11.3. The molecule has 0 saturated heterocycles. The molecule has 0 unspecified atom stereocenters. The van der Waals surface area contributed by atoms with Crippen LogP contribution in [0.15, 0.2) is 92.0 Å². The summed E-state index contributed by atoms with van der Waals surface area (Å²) >= 11 is 1.68. The molecule has 210 valence electrons. The smallest absolute Gasteiger partial charge is 0.228 e. The zero-order valence-electron chi connectivity index (χ0n) is 23.6. The van der Waals surface area contributed by atoms with Gasteiger partial charge in [-0.25, -0.2) is 4.98 Å². The summed E-state index contributed by atoms with van der Waals surface area (Å²) in [5, 5.41) is 11.7. The van der Waals surface area contributed by atoms with Crippen LogP contribution in [0.1, 0.15) is 22.9 Å². The highest BCUT2D eigenvalue weighted by molar-refractivity contribution is 7.16. The fourth-order valence-corrected chi connectivity index (χ4v) is 6.16. The second-order valence-corrected chi connectivity index (χ2v) is 11.6. The first-order valence-corrected chi connectivity index (χ1v) is 14.6. The Balaban J connectivity index is 1.23. The Hall–Kier alpha value is -5.41. The lowest BCUT2D eigenvalue weighted by Crippen LogP contribution is -2.15. The number of pyridine rings is 2. The number of benzene rings is 2. The van der Waals surface area contributed by atoms with Crippen molar-refractivity contribution in [3.8, 4) is 33.1 Å². The van der Waals surface area contributed by atoms with Crippen molar-refractivity contribution < 1.29 is 4.79 Å². The number of nitrogens with zero attached hydrogens (tertiary/aromatic N) is 4. The number of H-pyrrole nitrogens is 2. The van der Waals surface area contributed by atoms with E-state index in [1.165, 1.54) is 0 Å². The average molecular weight is 582 g/mol. The number of aromatic nitrogens is 6. The molecule has 2 aromatic carbocycles. The maximum absolute atomic E-state index is 12.8. The number of amides is 1. The number of aromatic amines is 2. The Bertz CT molecular complexity index is 2160. The highest BCUT2D eigenvalue weighted by atomic mass is 32.1. The topological polar surface area (TPSA) is 112 Å². The first-order chi connectivity index (χ1) is 20.9. The summed E-state index contributed by atoms with van der Waals surface area (Å²) in [6.45, 7) is 8.07. The van der Waals surface area contributed by atoms with Gasteiger partial charge in [0.2, 0.25) is 5.91 Å². The predicted octanol–water partition coefficient (Wildman–Crippen LogP) is 7.81. The van der Waals surface area contributed by atoms with Crippen molar-refractivity contribution in [2.45, 2.75) is 20.3 Å². The molecule has 5 heterocycles. The number of carbonyl (C=O) groups excluding carboxylic acids is 1. The summed E-state index contributed by atoms with van der Waals surface area (Å²) in [7, 11) is 0. The summed E-state index contributed by atoms with van der Waals surface area (Å²) < 4.78 is 0. The van der Waals surface area contributed by atoms with Crippen molar-refractivity contribution in [1.82, 2.24) is 30.1 Å². The van der Waals surface area contributed by atoms with Gasteiger partial charge in [0.1, 0.15) is 11.2 Å². The van der Waals surface area contributed by atoms with E-state index in [2.05, 4.69) is 55.2 Å². The second kappa shape index (κ2) is 10.8. The molecule has 7 rings (SSSR count). The maximum Gasteiger partial charge on any atom is 0.228 e. The van der Waals surface area contributed by atoms with Gasteiger partial charge in [-0.15, -0.1) is 11.3 Å². The van der Waals surface area contributed by atoms with Gasteiger partial charge in [-0.3, -0.25) is 19.9 Å². The SMILES string of the molecule is C=C(C)c1ccc(-c2cncc3[nH]c(-c4n[nH]c5ccc(-c6cncc(NC(=O)Cc7ccccc7)c6C)cc45)nc23)s1. The lowest BCUT2D eigenvalue weighted by atomic mass is 9.99. The highest BCUT2D eigenvalue weighted by Gasteiger charge is 2.18. The Labute approximate surface area is 251 Å². The van der Waals surface area contributed by atoms with E-state index in [1.807, 2.05) is 68.7 Å². The van der Waals surface area contributed by atoms with Crippen molar-refractivity contribution in [3.05, 3.63) is 108 Å². The zero-order chi connectivity index (χ0) is 29.5. The van der Waals surface area contributed by atoms with Crippen LogP contribution in [0.5, 0.6) is 0 Å². The first-order valence-electron chi connectivity index (χ1n) is 13.8. The third-order valence-corrected chi connectivity index (χ3v) is 8.76. The Kier molecular flexibility index (Phi) is 6.64. The molecule has 0 radical (unpaired) electrons. The van der Waals surface area contributed by atoms with Gasteiger partial charge in [-0.05, 0) is 60.4 Å². The molecule has 0 atom stereocenters. The molecular weight excluding hydrogens is 554 g/mol. The number of nitrogens with one attached hydrogen (secondary N) is 3. The summed E-state index contributed by atoms with van der Waals surface area (Å²) in [5.41, 5.74) is 9.74. The quantitative estimate of drug-likeness (QED) is 0.178. The van der Waals surface area contributed by atoms with E-state index in [1.54, 1.807) is 23.7 Å². The van der Waals surface area contributed by atoms with Gasteiger partial charge in [0.05, 0.1) is 35.5 Å². The van der Waals surface area contributed by atoms with Crippen LogP contribution in [0, 0.1) is 6.92 Å². The van der Waals surface area contributed by atoms with Crippen molar-refractivity contribution >= 4 is 50.4 Å². The van der Waals surface area contributed by atoms with E-state index in [4.69, 9.17) is 4.98 Å². The largest absolute Gasteiger partial charge is 0.335 e. The van der Waals surface area contributed by atoms with Gasteiger partial charge in [-0.1, -0.05) is 43.0 Å². The van der Waals surface area contributed by atoms with Crippen LogP contribution in [0.2, 0.25) is 0 Å². The third kappa shape index (κ3) is 5.00. The van der Waals surface area contributed by atoms with Crippen LogP contribution in [0.4, 0.5) is 5.69 Å². The molecule has 5 aromatic heterocycles. The van der Waals surface area contributed by atoms with E-state index >= 15 is 0 Å². The first kappa shape index (κ1) is 26.5. The molecule has 43 heavy (non-hydrogen) atoms. The molecule has 8 nitrogen and oxygen atoms in total. The molecule has 0 aliphatic carbocycles. The van der Waals surface area contributed by atoms with Gasteiger partial charge in [0.15, 0.2) is 5.82 Å². The van der Waals surface area contributed by atoms with Crippen LogP contribution in [0.25, 0.3) is 60.6 Å². The summed E-state index contributed by atoms with van der Waals surface area (Å²) in [6.07, 6.45) is 7.45. The van der Waals surface area contributed by atoms with Crippen LogP contribution in [0.3, 0.4) is 0 Å². The maximum atomic E-state index is 12.8. The number of hydrogen-bond acceptors (Lipinski definition) is 6. The van der Waals surface area contributed by atoms with Gasteiger partial charge in [0.25, 0.3) is 0 Å². The fraction of sp³-hybridized carbons (Fsp3) is 0.0882. The molecule has 0 bridgehead atoms. The standard InChI is InChI=1S/C34H27N7OS/c1-19(2)29-11-12-30(43-29)25-16-36-18-28-32(25)39-34(38-28)33-23-14-22(9-10-26(23)40-41-33)24-15-35-17-27(20(24)3)37-31(42)13-21-7-5-4-6-8-21/h4-12,14-18H,1,13H2,2-3H3,(H,37,42)(H,38,39)(H,40,41). The minimum absolute atomic E-state index is 0.0852. The number of thiophene rings is 1. The van der Waals surface area contributed by atoms with E-state index in [0.717, 1.165) is 65.1 Å². The van der Waals surface area contributed by atoms with Gasteiger partial charge in [-0.2, -0.15) is 5.10 Å². The van der Waals surface area contributed by atoms with E-state index in [0.29, 0.717) is 23.6 Å². The van der Waals surface area contributed by atoms with Gasteiger partial charge < -0.3 is 10.3 Å². The highest BCUT2D eigenvalue weighted by Crippen LogP contribution is 2.37. The van der Waals surface area contributed by atoms with E-state index < -0.39 is 0 Å². The molecule has 1 amide bonds. The van der Waals surface area contributed by atoms with Crippen molar-refractivity contribution in [1.29, 1.82) is 0 Å². The van der Waals surface area contributed by atoms with E-state index in [9.17, 15) is 4.79 Å². The fourth-order valence-electron chi connectivity index (χ4n) is 5.22. The van der Waals surface area contributed by atoms with Crippen molar-refractivity contribution in [2.24, 2.45) is 0 Å². The number of imidazole rings is 1. The number of fused-ring (bicyclic) bond motifs is 2. The molecule has 0 saturated carbocycles. The number of hydrogen-bond donors (Lipinski definition) is 3. The number of rotatable bonds is 7. The van der Waals surface area contributed by atoms with Crippen LogP contribution in [-0.2, 0) is 11.2 Å². The van der Waals surface area contributed by atoms with E-state index in [-0.39, 0.29) is 5.91 Å². The molecular formula is C34H27N7OS. The predicted molar refractivity (Wildman–Crippen MR) is 174 cm³/mol.